The van der Waals surface area contributed by atoms with Crippen molar-refractivity contribution >= 4 is 27.9 Å². The van der Waals surface area contributed by atoms with Crippen LogP contribution < -0.4 is 5.73 Å². The molecular weight excluding hydrogens is 503 g/mol. The number of H-pyrrole nitrogens is 1. The molecule has 2 atom stereocenters. The molecule has 7 nitrogen and oxygen atoms in total. The Morgan fingerprint density at radius 1 is 1.05 bits per heavy atom. The first-order valence-electron chi connectivity index (χ1n) is 14.0. The first-order valence-corrected chi connectivity index (χ1v) is 14.0. The fourth-order valence-electron chi connectivity index (χ4n) is 6.71. The molecule has 0 saturated heterocycles. The van der Waals surface area contributed by atoms with Gasteiger partial charge >= 0.3 is 6.18 Å². The first-order chi connectivity index (χ1) is 18.6. The molecule has 2 saturated carbocycles. The Balaban J connectivity index is 1.01. The number of nitrogen functional groups attached to an aromatic ring is 1. The lowest BCUT2D eigenvalue weighted by atomic mass is 9.72. The minimum atomic E-state index is -4.34. The van der Waals surface area contributed by atoms with Gasteiger partial charge in [-0.25, -0.2) is 15.0 Å². The number of aromatic nitrogens is 5. The second kappa shape index (κ2) is 10.1. The SMILES string of the molecule is CC(C)N(CC1CC(Cc2nc3ccc(C(F)(F)F)cc3[nH]2)C1)CC1CCC(n2ccc3c(N)ncnc32)C1. The molecule has 10 heteroatoms. The van der Waals surface area contributed by atoms with Gasteiger partial charge in [0.05, 0.1) is 22.0 Å². The lowest BCUT2D eigenvalue weighted by Gasteiger charge is -2.40. The minimum Gasteiger partial charge on any atom is -0.383 e. The summed E-state index contributed by atoms with van der Waals surface area (Å²) in [5, 5.41) is 0.929. The van der Waals surface area contributed by atoms with Crippen LogP contribution in [0, 0.1) is 17.8 Å². The van der Waals surface area contributed by atoms with E-state index in [-0.39, 0.29) is 0 Å². The normalized spacial score (nSPS) is 23.9. The van der Waals surface area contributed by atoms with Crippen LogP contribution in [0.15, 0.2) is 36.8 Å². The summed E-state index contributed by atoms with van der Waals surface area (Å²) < 4.78 is 41.4. The molecule has 1 aromatic carbocycles. The van der Waals surface area contributed by atoms with Crippen molar-refractivity contribution in [3.8, 4) is 0 Å². The summed E-state index contributed by atoms with van der Waals surface area (Å²) in [6.07, 6.45) is 5.88. The molecule has 4 aromatic rings. The number of fused-ring (bicyclic) bond motifs is 2. The van der Waals surface area contributed by atoms with Gasteiger partial charge in [-0.1, -0.05) is 0 Å². The van der Waals surface area contributed by atoms with Gasteiger partial charge in [-0.05, 0) is 88.0 Å². The Morgan fingerprint density at radius 2 is 1.85 bits per heavy atom. The number of imidazole rings is 1. The molecule has 2 aliphatic carbocycles. The molecule has 39 heavy (non-hydrogen) atoms. The Kier molecular flexibility index (Phi) is 6.77. The smallest absolute Gasteiger partial charge is 0.383 e. The molecule has 0 radical (unpaired) electrons. The predicted molar refractivity (Wildman–Crippen MR) is 146 cm³/mol. The Bertz CT molecular complexity index is 1450. The van der Waals surface area contributed by atoms with E-state index in [0.29, 0.717) is 46.7 Å². The lowest BCUT2D eigenvalue weighted by molar-refractivity contribution is -0.137. The zero-order valence-corrected chi connectivity index (χ0v) is 22.5. The highest BCUT2D eigenvalue weighted by Crippen LogP contribution is 2.40. The maximum absolute atomic E-state index is 13.0. The highest BCUT2D eigenvalue weighted by molar-refractivity contribution is 5.86. The molecule has 0 aliphatic heterocycles. The summed E-state index contributed by atoms with van der Waals surface area (Å²) in [6.45, 7) is 6.77. The van der Waals surface area contributed by atoms with Gasteiger partial charge < -0.3 is 20.2 Å². The number of hydrogen-bond acceptors (Lipinski definition) is 5. The largest absolute Gasteiger partial charge is 0.416 e. The minimum absolute atomic E-state index is 0.444. The van der Waals surface area contributed by atoms with Crippen LogP contribution in [0.2, 0.25) is 0 Å². The third kappa shape index (κ3) is 5.35. The molecule has 6 rings (SSSR count). The fourth-order valence-corrected chi connectivity index (χ4v) is 6.71. The molecule has 3 N–H and O–H groups in total. The summed E-state index contributed by atoms with van der Waals surface area (Å²) in [7, 11) is 0. The average molecular weight is 540 g/mol. The van der Waals surface area contributed by atoms with Crippen LogP contribution in [0.4, 0.5) is 19.0 Å². The highest BCUT2D eigenvalue weighted by Gasteiger charge is 2.35. The summed E-state index contributed by atoms with van der Waals surface area (Å²) >= 11 is 0. The van der Waals surface area contributed by atoms with Crippen molar-refractivity contribution in [3.63, 3.8) is 0 Å². The molecule has 2 unspecified atom stereocenters. The van der Waals surface area contributed by atoms with E-state index in [2.05, 4.69) is 49.4 Å². The summed E-state index contributed by atoms with van der Waals surface area (Å²) in [5.74, 6) is 3.16. The van der Waals surface area contributed by atoms with Crippen LogP contribution in [0.1, 0.15) is 63.4 Å². The molecule has 2 fully saturated rings. The van der Waals surface area contributed by atoms with Crippen molar-refractivity contribution in [1.82, 2.24) is 29.4 Å². The van der Waals surface area contributed by atoms with Crippen molar-refractivity contribution in [2.24, 2.45) is 17.8 Å². The van der Waals surface area contributed by atoms with Crippen molar-refractivity contribution in [3.05, 3.63) is 48.2 Å². The number of nitrogens with zero attached hydrogens (tertiary/aromatic N) is 5. The first kappa shape index (κ1) is 26.1. The van der Waals surface area contributed by atoms with E-state index in [1.165, 1.54) is 12.5 Å². The molecule has 0 amide bonds. The predicted octanol–water partition coefficient (Wildman–Crippen LogP) is 6.23. The molecule has 0 bridgehead atoms. The number of nitrogens with one attached hydrogen (secondary N) is 1. The molecule has 2 aliphatic rings. The number of benzene rings is 1. The van der Waals surface area contributed by atoms with Gasteiger partial charge in [-0.2, -0.15) is 13.2 Å². The second-order valence-corrected chi connectivity index (χ2v) is 11.9. The van der Waals surface area contributed by atoms with Gasteiger partial charge in [0.25, 0.3) is 0 Å². The number of halogens is 3. The van der Waals surface area contributed by atoms with Crippen LogP contribution in [0.5, 0.6) is 0 Å². The van der Waals surface area contributed by atoms with Gasteiger partial charge in [0, 0.05) is 37.8 Å². The van der Waals surface area contributed by atoms with E-state index in [0.717, 1.165) is 74.2 Å². The standard InChI is InChI=1S/C29H36F3N7/c1-17(2)38(14-18-3-5-22(11-18)39-8-7-23-27(33)34-16-35-28(23)39)15-20-9-19(10-20)12-26-36-24-6-4-21(29(30,31)32)13-25(24)37-26/h4,6-8,13,16-20,22H,3,5,9-12,14-15H2,1-2H3,(H,36,37)(H2,33,34,35). The second-order valence-electron chi connectivity index (χ2n) is 11.9. The summed E-state index contributed by atoms with van der Waals surface area (Å²) in [4.78, 5) is 18.9. The van der Waals surface area contributed by atoms with Crippen LogP contribution in [-0.4, -0.2) is 48.5 Å². The van der Waals surface area contributed by atoms with Crippen molar-refractivity contribution in [1.29, 1.82) is 0 Å². The van der Waals surface area contributed by atoms with E-state index in [1.54, 1.807) is 6.33 Å². The zero-order chi connectivity index (χ0) is 27.3. The van der Waals surface area contributed by atoms with Crippen molar-refractivity contribution in [2.45, 2.75) is 70.6 Å². The quantitative estimate of drug-likeness (QED) is 0.277. The summed E-state index contributed by atoms with van der Waals surface area (Å²) in [5.41, 5.74) is 7.38. The molecule has 3 heterocycles. The van der Waals surface area contributed by atoms with Gasteiger partial charge in [-0.3, -0.25) is 0 Å². The summed E-state index contributed by atoms with van der Waals surface area (Å²) in [6, 6.07) is 6.67. The number of rotatable bonds is 8. The Hall–Kier alpha value is -3.14. The maximum Gasteiger partial charge on any atom is 0.416 e. The van der Waals surface area contributed by atoms with Gasteiger partial charge in [0.15, 0.2) is 0 Å². The monoisotopic (exact) mass is 539 g/mol. The van der Waals surface area contributed by atoms with Crippen LogP contribution >= 0.6 is 0 Å². The molecular formula is C29H36F3N7. The van der Waals surface area contributed by atoms with E-state index in [9.17, 15) is 13.2 Å². The number of alkyl halides is 3. The molecule has 3 aromatic heterocycles. The van der Waals surface area contributed by atoms with Gasteiger partial charge in [0.1, 0.15) is 23.6 Å². The lowest BCUT2D eigenvalue weighted by Crippen LogP contribution is -2.42. The average Bonchev–Trinajstić information content (AvgIpc) is 3.59. The zero-order valence-electron chi connectivity index (χ0n) is 22.5. The third-order valence-corrected chi connectivity index (χ3v) is 8.84. The number of nitrogens with two attached hydrogens (primary N) is 1. The highest BCUT2D eigenvalue weighted by atomic mass is 19.4. The van der Waals surface area contributed by atoms with Crippen LogP contribution in [0.25, 0.3) is 22.1 Å². The Morgan fingerprint density at radius 3 is 2.62 bits per heavy atom. The number of aromatic amines is 1. The fraction of sp³-hybridized carbons (Fsp3) is 0.552. The van der Waals surface area contributed by atoms with Crippen LogP contribution in [0.3, 0.4) is 0 Å². The third-order valence-electron chi connectivity index (χ3n) is 8.84. The van der Waals surface area contributed by atoms with E-state index in [1.807, 2.05) is 6.07 Å². The Labute approximate surface area is 226 Å². The van der Waals surface area contributed by atoms with E-state index in [4.69, 9.17) is 5.73 Å². The number of hydrogen-bond donors (Lipinski definition) is 2. The van der Waals surface area contributed by atoms with Gasteiger partial charge in [-0.15, -0.1) is 0 Å². The van der Waals surface area contributed by atoms with Crippen molar-refractivity contribution < 1.29 is 13.2 Å². The van der Waals surface area contributed by atoms with Gasteiger partial charge in [0.2, 0.25) is 0 Å². The molecule has 208 valence electrons. The van der Waals surface area contributed by atoms with E-state index >= 15 is 0 Å². The maximum atomic E-state index is 13.0. The molecule has 0 spiro atoms. The van der Waals surface area contributed by atoms with Crippen molar-refractivity contribution in [2.75, 3.05) is 18.8 Å². The van der Waals surface area contributed by atoms with Crippen LogP contribution in [-0.2, 0) is 12.6 Å². The topological polar surface area (TPSA) is 88.7 Å². The van der Waals surface area contributed by atoms with E-state index < -0.39 is 11.7 Å². The number of anilines is 1.